The van der Waals surface area contributed by atoms with Gasteiger partial charge in [0.05, 0.1) is 12.0 Å². The molecule has 3 rings (SSSR count). The molecule has 1 aliphatic rings. The monoisotopic (exact) mass is 461 g/mol. The number of ether oxygens (including phenoxy) is 3. The molecule has 1 fully saturated rings. The van der Waals surface area contributed by atoms with E-state index in [0.717, 1.165) is 0 Å². The number of nitrogens with zero attached hydrogens (tertiary/aromatic N) is 1. The summed E-state index contributed by atoms with van der Waals surface area (Å²) < 4.78 is 17.4. The Hall–Kier alpha value is -2.48. The Morgan fingerprint density at radius 3 is 2.53 bits per heavy atom. The molecule has 156 valence electrons. The maximum atomic E-state index is 12.6. The van der Waals surface area contributed by atoms with Gasteiger partial charge in [0.25, 0.3) is 5.91 Å². The van der Waals surface area contributed by atoms with Crippen molar-refractivity contribution in [1.29, 1.82) is 0 Å². The molecule has 0 aliphatic carbocycles. The predicted octanol–water partition coefficient (Wildman–Crippen LogP) is 5.19. The zero-order valence-corrected chi connectivity index (χ0v) is 18.7. The highest BCUT2D eigenvalue weighted by Gasteiger charge is 2.31. The molecule has 1 amide bonds. The molecule has 0 aromatic heterocycles. The van der Waals surface area contributed by atoms with Crippen LogP contribution in [0.15, 0.2) is 60.0 Å². The predicted molar refractivity (Wildman–Crippen MR) is 126 cm³/mol. The molecule has 2 aromatic carbocycles. The van der Waals surface area contributed by atoms with E-state index in [1.165, 1.54) is 16.7 Å². The molecule has 1 heterocycles. The van der Waals surface area contributed by atoms with E-state index in [2.05, 4.69) is 6.58 Å². The number of para-hydroxylation sites is 2. The average molecular weight is 462 g/mol. The van der Waals surface area contributed by atoms with Crippen LogP contribution in [0.1, 0.15) is 5.56 Å². The van der Waals surface area contributed by atoms with Crippen molar-refractivity contribution in [3.05, 3.63) is 70.6 Å². The number of halogens is 1. The van der Waals surface area contributed by atoms with Crippen LogP contribution in [0, 0.1) is 0 Å². The molecule has 5 nitrogen and oxygen atoms in total. The average Bonchev–Trinajstić information content (AvgIpc) is 3.00. The Labute approximate surface area is 190 Å². The minimum atomic E-state index is -0.157. The Balaban J connectivity index is 1.69. The highest BCUT2D eigenvalue weighted by molar-refractivity contribution is 8.26. The van der Waals surface area contributed by atoms with Crippen LogP contribution in [0.25, 0.3) is 6.08 Å². The molecule has 1 saturated heterocycles. The largest absolute Gasteiger partial charge is 0.493 e. The Bertz CT molecular complexity index is 993. The van der Waals surface area contributed by atoms with E-state index in [-0.39, 0.29) is 5.91 Å². The molecule has 8 heteroatoms. The minimum Gasteiger partial charge on any atom is -0.493 e. The van der Waals surface area contributed by atoms with Crippen molar-refractivity contribution in [2.24, 2.45) is 0 Å². The molecule has 1 aliphatic heterocycles. The van der Waals surface area contributed by atoms with Crippen LogP contribution >= 0.6 is 35.6 Å². The summed E-state index contributed by atoms with van der Waals surface area (Å²) in [6.07, 6.45) is 3.38. The number of carbonyl (C=O) groups is 1. The van der Waals surface area contributed by atoms with Crippen molar-refractivity contribution in [3.63, 3.8) is 0 Å². The van der Waals surface area contributed by atoms with Gasteiger partial charge in [-0.25, -0.2) is 0 Å². The number of hydrogen-bond donors (Lipinski definition) is 0. The molecule has 0 radical (unpaired) electrons. The maximum absolute atomic E-state index is 12.6. The standard InChI is InChI=1S/C22H20ClNO4S2/c1-3-10-24-21(25)20(30-22(24)29)14-15-13-16(23)8-9-17(15)27-11-12-28-19-7-5-4-6-18(19)26-2/h3-9,13-14H,1,10-12H2,2H3. The SMILES string of the molecule is C=CCN1C(=O)C(=Cc2cc(Cl)ccc2OCCOc2ccccc2OC)SC1=S. The topological polar surface area (TPSA) is 48.0 Å². The van der Waals surface area contributed by atoms with Crippen LogP contribution in [0.3, 0.4) is 0 Å². The first-order chi connectivity index (χ1) is 14.5. The first kappa shape index (κ1) is 22.2. The Morgan fingerprint density at radius 1 is 1.13 bits per heavy atom. The molecule has 0 unspecified atom stereocenters. The Morgan fingerprint density at radius 2 is 1.83 bits per heavy atom. The zero-order valence-electron chi connectivity index (χ0n) is 16.3. The lowest BCUT2D eigenvalue weighted by Crippen LogP contribution is -2.27. The molecule has 0 spiro atoms. The van der Waals surface area contributed by atoms with Gasteiger partial charge in [0, 0.05) is 17.1 Å². The lowest BCUT2D eigenvalue weighted by Gasteiger charge is -2.13. The fourth-order valence-electron chi connectivity index (χ4n) is 2.73. The van der Waals surface area contributed by atoms with Crippen molar-refractivity contribution >= 4 is 51.9 Å². The molecular formula is C22H20ClNO4S2. The molecular weight excluding hydrogens is 442 g/mol. The van der Waals surface area contributed by atoms with E-state index in [0.29, 0.717) is 56.8 Å². The molecule has 0 saturated carbocycles. The molecule has 2 aromatic rings. The molecule has 30 heavy (non-hydrogen) atoms. The zero-order chi connectivity index (χ0) is 21.5. The number of thioether (sulfide) groups is 1. The van der Waals surface area contributed by atoms with Gasteiger partial charge >= 0.3 is 0 Å². The first-order valence-electron chi connectivity index (χ1n) is 9.08. The van der Waals surface area contributed by atoms with Crippen LogP contribution < -0.4 is 14.2 Å². The third kappa shape index (κ3) is 5.36. The lowest BCUT2D eigenvalue weighted by molar-refractivity contribution is -0.121. The van der Waals surface area contributed by atoms with Crippen LogP contribution in [0.5, 0.6) is 17.2 Å². The number of methoxy groups -OCH3 is 1. The summed E-state index contributed by atoms with van der Waals surface area (Å²) in [6.45, 7) is 4.67. The first-order valence-corrected chi connectivity index (χ1v) is 10.7. The minimum absolute atomic E-state index is 0.157. The fourth-order valence-corrected chi connectivity index (χ4v) is 4.18. The summed E-state index contributed by atoms with van der Waals surface area (Å²) in [7, 11) is 1.59. The van der Waals surface area contributed by atoms with Crippen molar-refractivity contribution < 1.29 is 19.0 Å². The van der Waals surface area contributed by atoms with E-state index in [1.54, 1.807) is 37.5 Å². The molecule has 0 N–H and O–H groups in total. The Kier molecular flexibility index (Phi) is 7.79. The van der Waals surface area contributed by atoms with Gasteiger partial charge in [0.1, 0.15) is 23.3 Å². The van der Waals surface area contributed by atoms with Crippen LogP contribution in [-0.2, 0) is 4.79 Å². The van der Waals surface area contributed by atoms with Crippen molar-refractivity contribution in [3.8, 4) is 17.2 Å². The number of carbonyl (C=O) groups excluding carboxylic acids is 1. The van der Waals surface area contributed by atoms with Crippen molar-refractivity contribution in [2.45, 2.75) is 0 Å². The highest BCUT2D eigenvalue weighted by atomic mass is 35.5. The van der Waals surface area contributed by atoms with Gasteiger partial charge in [-0.15, -0.1) is 6.58 Å². The van der Waals surface area contributed by atoms with E-state index >= 15 is 0 Å². The van der Waals surface area contributed by atoms with Crippen molar-refractivity contribution in [1.82, 2.24) is 4.90 Å². The summed E-state index contributed by atoms with van der Waals surface area (Å²) >= 11 is 12.7. The van der Waals surface area contributed by atoms with E-state index in [9.17, 15) is 4.79 Å². The summed E-state index contributed by atoms with van der Waals surface area (Å²) in [4.78, 5) is 14.6. The third-order valence-electron chi connectivity index (χ3n) is 4.11. The van der Waals surface area contributed by atoms with E-state index in [4.69, 9.17) is 38.0 Å². The summed E-state index contributed by atoms with van der Waals surface area (Å²) in [5.74, 6) is 1.74. The van der Waals surface area contributed by atoms with Gasteiger partial charge in [-0.1, -0.05) is 53.8 Å². The van der Waals surface area contributed by atoms with E-state index < -0.39 is 0 Å². The summed E-state index contributed by atoms with van der Waals surface area (Å²) in [5, 5.41) is 0.542. The molecule has 0 atom stereocenters. The number of rotatable bonds is 9. The smallest absolute Gasteiger partial charge is 0.266 e. The quantitative estimate of drug-likeness (QED) is 0.221. The van der Waals surface area contributed by atoms with Gasteiger partial charge in [-0.2, -0.15) is 0 Å². The van der Waals surface area contributed by atoms with Crippen LogP contribution in [0.2, 0.25) is 5.02 Å². The second kappa shape index (κ2) is 10.5. The summed E-state index contributed by atoms with van der Waals surface area (Å²) in [6, 6.07) is 12.7. The van der Waals surface area contributed by atoms with Gasteiger partial charge in [-0.3, -0.25) is 9.69 Å². The molecule has 0 bridgehead atoms. The second-order valence-electron chi connectivity index (χ2n) is 6.11. The van der Waals surface area contributed by atoms with Crippen molar-refractivity contribution in [2.75, 3.05) is 26.9 Å². The second-order valence-corrected chi connectivity index (χ2v) is 8.22. The number of amides is 1. The van der Waals surface area contributed by atoms with Gasteiger partial charge in [-0.05, 0) is 36.4 Å². The number of hydrogen-bond acceptors (Lipinski definition) is 6. The fraction of sp³-hybridized carbons (Fsp3) is 0.182. The van der Waals surface area contributed by atoms with Gasteiger partial charge < -0.3 is 14.2 Å². The van der Waals surface area contributed by atoms with Gasteiger partial charge in [0.15, 0.2) is 11.5 Å². The van der Waals surface area contributed by atoms with Crippen LogP contribution in [0.4, 0.5) is 0 Å². The third-order valence-corrected chi connectivity index (χ3v) is 5.72. The lowest BCUT2D eigenvalue weighted by atomic mass is 10.2. The highest BCUT2D eigenvalue weighted by Crippen LogP contribution is 2.35. The number of benzene rings is 2. The maximum Gasteiger partial charge on any atom is 0.266 e. The van der Waals surface area contributed by atoms with Gasteiger partial charge in [0.2, 0.25) is 0 Å². The van der Waals surface area contributed by atoms with E-state index in [1.807, 2.05) is 24.3 Å². The van der Waals surface area contributed by atoms with Crippen LogP contribution in [-0.4, -0.2) is 42.0 Å². The number of thiocarbonyl (C=S) groups is 1. The normalized spacial score (nSPS) is 14.9. The summed E-state index contributed by atoms with van der Waals surface area (Å²) in [5.41, 5.74) is 0.693.